The quantitative estimate of drug-likeness (QED) is 0.879. The number of halogens is 3. The Morgan fingerprint density at radius 2 is 1.86 bits per heavy atom. The lowest BCUT2D eigenvalue weighted by Crippen LogP contribution is -2.47. The van der Waals surface area contributed by atoms with Crippen molar-refractivity contribution < 1.29 is 18.0 Å². The van der Waals surface area contributed by atoms with Crippen LogP contribution in [0.3, 0.4) is 0 Å². The van der Waals surface area contributed by atoms with E-state index in [0.29, 0.717) is 29.6 Å². The Balaban J connectivity index is 1.90. The zero-order valence-corrected chi connectivity index (χ0v) is 12.1. The summed E-state index contributed by atoms with van der Waals surface area (Å²) in [4.78, 5) is 19.2. The van der Waals surface area contributed by atoms with Crippen LogP contribution in [0.4, 0.5) is 13.2 Å². The third-order valence-electron chi connectivity index (χ3n) is 4.03. The molecule has 7 heteroatoms. The van der Waals surface area contributed by atoms with Crippen LogP contribution in [0.2, 0.25) is 0 Å². The van der Waals surface area contributed by atoms with Crippen LogP contribution in [-0.2, 0) is 6.18 Å². The molecule has 4 nitrogen and oxygen atoms in total. The summed E-state index contributed by atoms with van der Waals surface area (Å²) in [7, 11) is 1.99. The monoisotopic (exact) mass is 311 g/mol. The van der Waals surface area contributed by atoms with Crippen LogP contribution in [0.15, 0.2) is 24.4 Å². The predicted octanol–water partition coefficient (Wildman–Crippen LogP) is 2.57. The van der Waals surface area contributed by atoms with Gasteiger partial charge in [-0.15, -0.1) is 0 Å². The maximum Gasteiger partial charge on any atom is 0.416 e. The van der Waals surface area contributed by atoms with E-state index >= 15 is 0 Å². The summed E-state index contributed by atoms with van der Waals surface area (Å²) in [5, 5.41) is 0.525. The normalized spacial score (nSPS) is 17.2. The number of rotatable bonds is 1. The maximum absolute atomic E-state index is 12.7. The van der Waals surface area contributed by atoms with Crippen LogP contribution < -0.4 is 0 Å². The number of nitrogens with zero attached hydrogens (tertiary/aromatic N) is 2. The van der Waals surface area contributed by atoms with Gasteiger partial charge in [0.15, 0.2) is 0 Å². The second-order valence-electron chi connectivity index (χ2n) is 5.56. The molecule has 118 valence electrons. The number of amides is 1. The molecule has 0 atom stereocenters. The first-order chi connectivity index (χ1) is 10.4. The molecule has 0 unspecified atom stereocenters. The topological polar surface area (TPSA) is 39.3 Å². The highest BCUT2D eigenvalue weighted by atomic mass is 19.4. The fraction of sp³-hybridized carbons (Fsp3) is 0.400. The van der Waals surface area contributed by atoms with Gasteiger partial charge in [0.2, 0.25) is 0 Å². The number of carbonyl (C=O) groups excluding carboxylic acids is 1. The fourth-order valence-corrected chi connectivity index (χ4v) is 2.66. The number of hydrogen-bond acceptors (Lipinski definition) is 2. The number of aromatic nitrogens is 1. The van der Waals surface area contributed by atoms with Crippen molar-refractivity contribution in [3.63, 3.8) is 0 Å². The molecule has 0 spiro atoms. The van der Waals surface area contributed by atoms with Gasteiger partial charge in [0.05, 0.1) is 11.1 Å². The summed E-state index contributed by atoms with van der Waals surface area (Å²) < 4.78 is 38.1. The highest BCUT2D eigenvalue weighted by Gasteiger charge is 2.31. The fourth-order valence-electron chi connectivity index (χ4n) is 2.66. The van der Waals surface area contributed by atoms with Crippen LogP contribution in [-0.4, -0.2) is 53.9 Å². The van der Waals surface area contributed by atoms with Gasteiger partial charge in [0.25, 0.3) is 5.91 Å². The molecular weight excluding hydrogens is 295 g/mol. The molecule has 1 aromatic carbocycles. The molecule has 2 heterocycles. The van der Waals surface area contributed by atoms with Crippen LogP contribution >= 0.6 is 0 Å². The lowest BCUT2D eigenvalue weighted by atomic mass is 10.1. The number of carbonyl (C=O) groups is 1. The minimum Gasteiger partial charge on any atom is -0.360 e. The maximum atomic E-state index is 12.7. The number of likely N-dealkylation sites (N-methyl/N-ethyl adjacent to an activating group) is 1. The van der Waals surface area contributed by atoms with Crippen molar-refractivity contribution in [2.75, 3.05) is 33.2 Å². The molecule has 3 rings (SSSR count). The van der Waals surface area contributed by atoms with Crippen molar-refractivity contribution >= 4 is 16.8 Å². The van der Waals surface area contributed by atoms with Gasteiger partial charge < -0.3 is 14.8 Å². The predicted molar refractivity (Wildman–Crippen MR) is 76.7 cm³/mol. The molecule has 1 aliphatic rings. The number of benzene rings is 1. The summed E-state index contributed by atoms with van der Waals surface area (Å²) in [5.41, 5.74) is 0.0287. The number of hydrogen-bond donors (Lipinski definition) is 1. The SMILES string of the molecule is CN1CCN(C(=O)c2c[nH]c3cc(C(F)(F)F)ccc23)CC1. The van der Waals surface area contributed by atoms with Crippen molar-refractivity contribution in [3.8, 4) is 0 Å². The molecule has 1 N–H and O–H groups in total. The average molecular weight is 311 g/mol. The summed E-state index contributed by atoms with van der Waals surface area (Å²) in [6, 6.07) is 3.41. The molecule has 0 aliphatic carbocycles. The van der Waals surface area contributed by atoms with E-state index in [2.05, 4.69) is 9.88 Å². The molecule has 0 saturated carbocycles. The molecule has 1 aromatic heterocycles. The van der Waals surface area contributed by atoms with Crippen LogP contribution in [0.25, 0.3) is 10.9 Å². The zero-order valence-electron chi connectivity index (χ0n) is 12.1. The first-order valence-corrected chi connectivity index (χ1v) is 7.02. The Bertz CT molecular complexity index is 700. The molecule has 0 radical (unpaired) electrons. The molecule has 0 bridgehead atoms. The summed E-state index contributed by atoms with van der Waals surface area (Å²) in [6.07, 6.45) is -2.90. The van der Waals surface area contributed by atoms with Gasteiger partial charge >= 0.3 is 6.18 Å². The summed E-state index contributed by atoms with van der Waals surface area (Å²) in [6.45, 7) is 2.85. The van der Waals surface area contributed by atoms with Crippen molar-refractivity contribution in [3.05, 3.63) is 35.5 Å². The minimum atomic E-state index is -4.39. The number of fused-ring (bicyclic) bond motifs is 1. The van der Waals surface area contributed by atoms with Gasteiger partial charge in [-0.05, 0) is 19.2 Å². The van der Waals surface area contributed by atoms with Gasteiger partial charge in [-0.25, -0.2) is 0 Å². The molecule has 1 amide bonds. The van der Waals surface area contributed by atoms with E-state index in [1.54, 1.807) is 4.90 Å². The van der Waals surface area contributed by atoms with E-state index in [9.17, 15) is 18.0 Å². The number of alkyl halides is 3. The highest BCUT2D eigenvalue weighted by Crippen LogP contribution is 2.32. The van der Waals surface area contributed by atoms with Crippen LogP contribution in [0, 0.1) is 0 Å². The van der Waals surface area contributed by atoms with Gasteiger partial charge in [0, 0.05) is 43.3 Å². The molecule has 1 aliphatic heterocycles. The number of nitrogens with one attached hydrogen (secondary N) is 1. The van der Waals surface area contributed by atoms with E-state index in [1.807, 2.05) is 7.05 Å². The second kappa shape index (κ2) is 5.31. The summed E-state index contributed by atoms with van der Waals surface area (Å²) >= 11 is 0. The number of aromatic amines is 1. The largest absolute Gasteiger partial charge is 0.416 e. The van der Waals surface area contributed by atoms with E-state index in [4.69, 9.17) is 0 Å². The Morgan fingerprint density at radius 3 is 2.50 bits per heavy atom. The van der Waals surface area contributed by atoms with Crippen molar-refractivity contribution in [1.29, 1.82) is 0 Å². The first kappa shape index (κ1) is 14.9. The third-order valence-corrected chi connectivity index (χ3v) is 4.03. The Labute approximate surface area is 125 Å². The smallest absolute Gasteiger partial charge is 0.360 e. The Hall–Kier alpha value is -2.02. The Morgan fingerprint density at radius 1 is 1.18 bits per heavy atom. The third kappa shape index (κ3) is 2.68. The molecule has 2 aromatic rings. The van der Waals surface area contributed by atoms with E-state index in [1.165, 1.54) is 12.3 Å². The van der Waals surface area contributed by atoms with Crippen molar-refractivity contribution in [2.45, 2.75) is 6.18 Å². The van der Waals surface area contributed by atoms with Crippen LogP contribution in [0.1, 0.15) is 15.9 Å². The van der Waals surface area contributed by atoms with Crippen molar-refractivity contribution in [2.24, 2.45) is 0 Å². The summed E-state index contributed by atoms with van der Waals surface area (Å²) in [5.74, 6) is -0.140. The molecule has 1 saturated heterocycles. The van der Waals surface area contributed by atoms with Gasteiger partial charge in [0.1, 0.15) is 0 Å². The first-order valence-electron chi connectivity index (χ1n) is 7.02. The minimum absolute atomic E-state index is 0.140. The Kier molecular flexibility index (Phi) is 3.60. The van der Waals surface area contributed by atoms with Gasteiger partial charge in [-0.3, -0.25) is 4.79 Å². The lowest BCUT2D eigenvalue weighted by molar-refractivity contribution is -0.137. The molecule has 22 heavy (non-hydrogen) atoms. The van der Waals surface area contributed by atoms with Gasteiger partial charge in [-0.2, -0.15) is 13.2 Å². The van der Waals surface area contributed by atoms with Gasteiger partial charge in [-0.1, -0.05) is 6.07 Å². The lowest BCUT2D eigenvalue weighted by Gasteiger charge is -2.32. The van der Waals surface area contributed by atoms with E-state index < -0.39 is 11.7 Å². The number of piperazine rings is 1. The zero-order chi connectivity index (χ0) is 15.9. The van der Waals surface area contributed by atoms with Crippen molar-refractivity contribution in [1.82, 2.24) is 14.8 Å². The van der Waals surface area contributed by atoms with Crippen LogP contribution in [0.5, 0.6) is 0 Å². The van der Waals surface area contributed by atoms with E-state index in [-0.39, 0.29) is 5.91 Å². The second-order valence-corrected chi connectivity index (χ2v) is 5.56. The average Bonchev–Trinajstić information content (AvgIpc) is 2.89. The standard InChI is InChI=1S/C15H16F3N3O/c1-20-4-6-21(7-5-20)14(22)12-9-19-13-8-10(15(16,17)18)2-3-11(12)13/h2-3,8-9,19H,4-7H2,1H3. The van der Waals surface area contributed by atoms with E-state index in [0.717, 1.165) is 25.2 Å². The molecular formula is C15H16F3N3O. The highest BCUT2D eigenvalue weighted by molar-refractivity contribution is 6.06. The molecule has 1 fully saturated rings. The number of H-pyrrole nitrogens is 1.